The van der Waals surface area contributed by atoms with Crippen molar-refractivity contribution in [3.8, 4) is 11.5 Å². The molecule has 0 spiro atoms. The van der Waals surface area contributed by atoms with Crippen LogP contribution in [0.4, 0.5) is 0 Å². The summed E-state index contributed by atoms with van der Waals surface area (Å²) in [5.41, 5.74) is 0. The molecule has 0 saturated carbocycles. The number of thiophene rings is 2. The summed E-state index contributed by atoms with van der Waals surface area (Å²) in [5.74, 6) is 1.10. The van der Waals surface area contributed by atoms with Crippen LogP contribution in [0.1, 0.15) is 27.4 Å². The van der Waals surface area contributed by atoms with Crippen LogP contribution in [0.5, 0.6) is 11.5 Å². The maximum absolute atomic E-state index is 11.6. The molecule has 0 aliphatic rings. The zero-order valence-corrected chi connectivity index (χ0v) is 17.5. The highest BCUT2D eigenvalue weighted by atomic mass is 79.9. The Morgan fingerprint density at radius 2 is 1.61 bits per heavy atom. The average Bonchev–Trinajstić information content (AvgIpc) is 3.06. The summed E-state index contributed by atoms with van der Waals surface area (Å²) < 4.78 is 18.0. The molecule has 0 N–H and O–H groups in total. The lowest BCUT2D eigenvalue weighted by molar-refractivity contribution is 0.0602. The highest BCUT2D eigenvalue weighted by molar-refractivity contribution is 9.11. The second-order valence-electron chi connectivity index (χ2n) is 4.61. The fourth-order valence-electron chi connectivity index (χ4n) is 1.83. The number of esters is 1. The van der Waals surface area contributed by atoms with Gasteiger partial charge in [-0.1, -0.05) is 0 Å². The molecule has 0 aromatic carbocycles. The van der Waals surface area contributed by atoms with Gasteiger partial charge in [0.05, 0.1) is 29.3 Å². The molecule has 0 unspecified atom stereocenters. The number of hydrogen-bond donors (Lipinski definition) is 0. The summed E-state index contributed by atoms with van der Waals surface area (Å²) in [5, 5.41) is 3.85. The van der Waals surface area contributed by atoms with Crippen molar-refractivity contribution < 1.29 is 19.0 Å². The van der Waals surface area contributed by atoms with Gasteiger partial charge in [0.2, 0.25) is 0 Å². The molecule has 8 heteroatoms. The van der Waals surface area contributed by atoms with Crippen LogP contribution >= 0.6 is 54.5 Å². The van der Waals surface area contributed by atoms with E-state index >= 15 is 0 Å². The van der Waals surface area contributed by atoms with Gasteiger partial charge < -0.3 is 14.2 Å². The van der Waals surface area contributed by atoms with Gasteiger partial charge in [-0.05, 0) is 51.6 Å². The molecule has 0 fully saturated rings. The van der Waals surface area contributed by atoms with Crippen LogP contribution in [-0.2, 0) is 4.74 Å². The normalized spacial score (nSPS) is 10.6. The van der Waals surface area contributed by atoms with Crippen LogP contribution in [0, 0.1) is 6.92 Å². The van der Waals surface area contributed by atoms with Crippen molar-refractivity contribution in [3.63, 3.8) is 0 Å². The third kappa shape index (κ3) is 4.95. The van der Waals surface area contributed by atoms with E-state index in [1.54, 1.807) is 11.3 Å². The number of unbranched alkanes of at least 4 members (excludes halogenated alkanes) is 1. The molecule has 23 heavy (non-hydrogen) atoms. The molecule has 0 radical (unpaired) electrons. The predicted molar refractivity (Wildman–Crippen MR) is 100 cm³/mol. The van der Waals surface area contributed by atoms with Gasteiger partial charge in [-0.3, -0.25) is 0 Å². The minimum absolute atomic E-state index is 0.378. The van der Waals surface area contributed by atoms with Gasteiger partial charge in [-0.15, -0.1) is 22.7 Å². The number of ether oxygens (including phenoxy) is 3. The van der Waals surface area contributed by atoms with Gasteiger partial charge >= 0.3 is 5.97 Å². The number of halogens is 2. The second kappa shape index (κ2) is 9.05. The summed E-state index contributed by atoms with van der Waals surface area (Å²) in [6.45, 7) is 3.19. The van der Waals surface area contributed by atoms with Crippen LogP contribution in [0.3, 0.4) is 0 Å². The molecule has 126 valence electrons. The molecule has 4 nitrogen and oxygen atoms in total. The first kappa shape index (κ1) is 18.8. The van der Waals surface area contributed by atoms with Crippen LogP contribution in [0.15, 0.2) is 19.7 Å². The molecule has 0 atom stereocenters. The Morgan fingerprint density at radius 3 is 2.17 bits per heavy atom. The number of carbonyl (C=O) groups is 1. The molecule has 2 rings (SSSR count). The summed E-state index contributed by atoms with van der Waals surface area (Å²) in [6.07, 6.45) is 1.71. The van der Waals surface area contributed by atoms with Gasteiger partial charge in [0.1, 0.15) is 5.75 Å². The molecule has 2 heterocycles. The quantitative estimate of drug-likeness (QED) is 0.358. The van der Waals surface area contributed by atoms with E-state index in [2.05, 4.69) is 31.9 Å². The molecule has 0 amide bonds. The molecule has 0 saturated heterocycles. The lowest BCUT2D eigenvalue weighted by atomic mass is 10.3. The SMILES string of the molecule is COC(=O)c1scc(Br)c1OCCCCOc1c(Br)csc1C. The number of hydrogen-bond acceptors (Lipinski definition) is 6. The highest BCUT2D eigenvalue weighted by Crippen LogP contribution is 2.36. The first-order valence-electron chi connectivity index (χ1n) is 6.89. The van der Waals surface area contributed by atoms with Gasteiger partial charge in [0, 0.05) is 15.6 Å². The minimum atomic E-state index is -0.378. The maximum Gasteiger partial charge on any atom is 0.351 e. The van der Waals surface area contributed by atoms with E-state index in [9.17, 15) is 4.79 Å². The maximum atomic E-state index is 11.6. The molecule has 2 aromatic heterocycles. The Hall–Kier alpha value is -0.570. The fraction of sp³-hybridized carbons (Fsp3) is 0.400. The van der Waals surface area contributed by atoms with Gasteiger partial charge in [-0.2, -0.15) is 0 Å². The third-order valence-electron chi connectivity index (χ3n) is 2.98. The first-order valence-corrected chi connectivity index (χ1v) is 10.2. The van der Waals surface area contributed by atoms with Crippen LogP contribution in [0.25, 0.3) is 0 Å². The summed E-state index contributed by atoms with van der Waals surface area (Å²) in [4.78, 5) is 13.3. The molecular weight excluding hydrogens is 468 g/mol. The zero-order chi connectivity index (χ0) is 16.8. The zero-order valence-electron chi connectivity index (χ0n) is 12.7. The molecule has 0 aliphatic heterocycles. The van der Waals surface area contributed by atoms with Crippen molar-refractivity contribution >= 4 is 60.5 Å². The van der Waals surface area contributed by atoms with Gasteiger partial charge in [0.25, 0.3) is 0 Å². The lowest BCUT2D eigenvalue weighted by Crippen LogP contribution is -2.06. The molecular formula is C15H16Br2O4S2. The van der Waals surface area contributed by atoms with Crippen LogP contribution in [-0.4, -0.2) is 26.3 Å². The first-order chi connectivity index (χ1) is 11.0. The molecule has 0 bridgehead atoms. The largest absolute Gasteiger partial charge is 0.491 e. The minimum Gasteiger partial charge on any atom is -0.491 e. The Bertz CT molecular complexity index is 647. The Balaban J connectivity index is 1.74. The topological polar surface area (TPSA) is 44.8 Å². The average molecular weight is 484 g/mol. The van der Waals surface area contributed by atoms with Crippen molar-refractivity contribution in [1.29, 1.82) is 0 Å². The smallest absolute Gasteiger partial charge is 0.351 e. The number of aryl methyl sites for hydroxylation is 1. The number of methoxy groups -OCH3 is 1. The van der Waals surface area contributed by atoms with Crippen molar-refractivity contribution in [3.05, 3.63) is 29.5 Å². The van der Waals surface area contributed by atoms with E-state index in [1.165, 1.54) is 18.4 Å². The standard InChI is InChI=1S/C15H16Br2O4S2/c1-9-12(10(16)7-22-9)20-5-3-4-6-21-13-11(17)8-23-14(13)15(18)19-2/h7-8H,3-6H2,1-2H3. The van der Waals surface area contributed by atoms with Gasteiger partial charge in [-0.25, -0.2) is 4.79 Å². The molecule has 2 aromatic rings. The Labute approximate surface area is 160 Å². The van der Waals surface area contributed by atoms with Gasteiger partial charge in [0.15, 0.2) is 10.6 Å². The van der Waals surface area contributed by atoms with E-state index in [0.29, 0.717) is 23.8 Å². The number of rotatable bonds is 8. The summed E-state index contributed by atoms with van der Waals surface area (Å²) in [7, 11) is 1.36. The van der Waals surface area contributed by atoms with Crippen molar-refractivity contribution in [2.75, 3.05) is 20.3 Å². The Morgan fingerprint density at radius 1 is 1.04 bits per heavy atom. The van der Waals surface area contributed by atoms with Crippen LogP contribution in [0.2, 0.25) is 0 Å². The lowest BCUT2D eigenvalue weighted by Gasteiger charge is -2.09. The van der Waals surface area contributed by atoms with Crippen LogP contribution < -0.4 is 9.47 Å². The van der Waals surface area contributed by atoms with Crippen molar-refractivity contribution in [1.82, 2.24) is 0 Å². The van der Waals surface area contributed by atoms with E-state index in [4.69, 9.17) is 14.2 Å². The highest BCUT2D eigenvalue weighted by Gasteiger charge is 2.18. The van der Waals surface area contributed by atoms with Crippen molar-refractivity contribution in [2.24, 2.45) is 0 Å². The van der Waals surface area contributed by atoms with E-state index in [1.807, 2.05) is 17.7 Å². The number of carbonyl (C=O) groups excluding carboxylic acids is 1. The van der Waals surface area contributed by atoms with Crippen molar-refractivity contribution in [2.45, 2.75) is 19.8 Å². The Kier molecular flexibility index (Phi) is 7.39. The second-order valence-corrected chi connectivity index (χ2v) is 8.28. The predicted octanol–water partition coefficient (Wildman–Crippen LogP) is 5.67. The summed E-state index contributed by atoms with van der Waals surface area (Å²) >= 11 is 9.83. The monoisotopic (exact) mass is 482 g/mol. The third-order valence-corrected chi connectivity index (χ3v) is 6.60. The van der Waals surface area contributed by atoms with E-state index < -0.39 is 0 Å². The van der Waals surface area contributed by atoms with E-state index in [0.717, 1.165) is 32.4 Å². The molecule has 0 aliphatic carbocycles. The van der Waals surface area contributed by atoms with E-state index in [-0.39, 0.29) is 5.97 Å². The fourth-order valence-corrected chi connectivity index (χ4v) is 4.83. The summed E-state index contributed by atoms with van der Waals surface area (Å²) in [6, 6.07) is 0.